The summed E-state index contributed by atoms with van der Waals surface area (Å²) in [6, 6.07) is 6.60. The molecule has 1 saturated heterocycles. The van der Waals surface area contributed by atoms with E-state index in [2.05, 4.69) is 23.5 Å². The van der Waals surface area contributed by atoms with Gasteiger partial charge in [0.15, 0.2) is 0 Å². The molecular weight excluding hydrogens is 316 g/mol. The molecule has 5 nitrogen and oxygen atoms in total. The van der Waals surface area contributed by atoms with Gasteiger partial charge >= 0.3 is 6.03 Å². The minimum atomic E-state index is -0.435. The molecule has 1 aliphatic heterocycles. The summed E-state index contributed by atoms with van der Waals surface area (Å²) in [5.74, 6) is 0.600. The molecule has 0 aromatic heterocycles. The van der Waals surface area contributed by atoms with Crippen LogP contribution in [0.5, 0.6) is 0 Å². The Kier molecular flexibility index (Phi) is 4.69. The predicted octanol–water partition coefficient (Wildman–Crippen LogP) is 2.73. The van der Waals surface area contributed by atoms with Gasteiger partial charge in [-0.05, 0) is 61.6 Å². The van der Waals surface area contributed by atoms with Crippen molar-refractivity contribution < 1.29 is 14.6 Å². The highest BCUT2D eigenvalue weighted by molar-refractivity contribution is 5.75. The first-order chi connectivity index (χ1) is 12.1. The second-order valence-electron chi connectivity index (χ2n) is 7.75. The fourth-order valence-corrected chi connectivity index (χ4v) is 4.86. The number of aliphatic hydroxyl groups excluding tert-OH is 1. The summed E-state index contributed by atoms with van der Waals surface area (Å²) < 4.78 is 5.52. The zero-order valence-electron chi connectivity index (χ0n) is 14.9. The van der Waals surface area contributed by atoms with Crippen molar-refractivity contribution in [1.29, 1.82) is 0 Å². The molecule has 136 valence electrons. The fourth-order valence-electron chi connectivity index (χ4n) is 4.86. The Bertz CT molecular complexity index is 646. The Morgan fingerprint density at radius 1 is 1.48 bits per heavy atom. The molecule has 1 heterocycles. The number of ether oxygens (including phenoxy) is 1. The van der Waals surface area contributed by atoms with Crippen molar-refractivity contribution in [2.75, 3.05) is 19.8 Å². The number of benzene rings is 1. The Morgan fingerprint density at radius 3 is 3.20 bits per heavy atom. The van der Waals surface area contributed by atoms with Crippen LogP contribution in [0, 0.1) is 0 Å². The van der Waals surface area contributed by atoms with Crippen molar-refractivity contribution >= 4 is 6.03 Å². The van der Waals surface area contributed by atoms with Gasteiger partial charge in [-0.15, -0.1) is 0 Å². The van der Waals surface area contributed by atoms with E-state index in [1.807, 2.05) is 4.90 Å². The molecule has 4 rings (SSSR count). The van der Waals surface area contributed by atoms with E-state index < -0.39 is 6.10 Å². The first kappa shape index (κ1) is 16.9. The maximum atomic E-state index is 12.9. The summed E-state index contributed by atoms with van der Waals surface area (Å²) in [4.78, 5) is 14.8. The van der Waals surface area contributed by atoms with Gasteiger partial charge in [0.1, 0.15) is 0 Å². The van der Waals surface area contributed by atoms with Crippen LogP contribution < -0.4 is 5.32 Å². The van der Waals surface area contributed by atoms with Crippen molar-refractivity contribution in [2.45, 2.75) is 63.1 Å². The first-order valence-electron chi connectivity index (χ1n) is 9.58. The monoisotopic (exact) mass is 344 g/mol. The molecule has 4 atom stereocenters. The number of urea groups is 1. The smallest absolute Gasteiger partial charge is 0.318 e. The van der Waals surface area contributed by atoms with Crippen molar-refractivity contribution in [3.05, 3.63) is 34.9 Å². The summed E-state index contributed by atoms with van der Waals surface area (Å²) >= 11 is 0. The molecule has 2 aliphatic carbocycles. The number of aliphatic hydroxyl groups is 1. The van der Waals surface area contributed by atoms with E-state index in [1.165, 1.54) is 36.0 Å². The van der Waals surface area contributed by atoms with Crippen LogP contribution in [0.1, 0.15) is 61.3 Å². The third kappa shape index (κ3) is 3.27. The summed E-state index contributed by atoms with van der Waals surface area (Å²) in [6.45, 7) is 3.43. The lowest BCUT2D eigenvalue weighted by Gasteiger charge is -2.37. The predicted molar refractivity (Wildman–Crippen MR) is 95.6 cm³/mol. The van der Waals surface area contributed by atoms with E-state index in [0.29, 0.717) is 32.1 Å². The molecule has 1 aromatic rings. The Labute approximate surface area is 149 Å². The number of carbonyl (C=O) groups is 1. The maximum absolute atomic E-state index is 12.9. The minimum Gasteiger partial charge on any atom is -0.393 e. The van der Waals surface area contributed by atoms with Gasteiger partial charge in [-0.2, -0.15) is 0 Å². The number of rotatable bonds is 3. The van der Waals surface area contributed by atoms with Crippen LogP contribution in [-0.2, 0) is 11.2 Å². The van der Waals surface area contributed by atoms with Crippen molar-refractivity contribution in [1.82, 2.24) is 10.2 Å². The fraction of sp³-hybridized carbons (Fsp3) is 0.650. The second kappa shape index (κ2) is 6.96. The van der Waals surface area contributed by atoms with Crippen LogP contribution in [0.15, 0.2) is 18.2 Å². The Balaban J connectivity index is 1.49. The van der Waals surface area contributed by atoms with Crippen LogP contribution in [0.3, 0.4) is 0 Å². The highest BCUT2D eigenvalue weighted by Gasteiger charge is 2.37. The average Bonchev–Trinajstić information content (AvgIpc) is 2.95. The van der Waals surface area contributed by atoms with E-state index >= 15 is 0 Å². The molecule has 4 unspecified atom stereocenters. The van der Waals surface area contributed by atoms with Crippen LogP contribution in [-0.4, -0.2) is 47.9 Å². The highest BCUT2D eigenvalue weighted by Crippen LogP contribution is 2.47. The number of nitrogens with one attached hydrogen (secondary N) is 1. The van der Waals surface area contributed by atoms with E-state index in [-0.39, 0.29) is 18.1 Å². The molecule has 5 heteroatoms. The summed E-state index contributed by atoms with van der Waals surface area (Å²) in [7, 11) is 0. The molecular formula is C20H28N2O3. The Hall–Kier alpha value is -1.59. The number of aryl methyl sites for hydroxylation is 1. The number of carbonyl (C=O) groups excluding carboxylic acids is 1. The van der Waals surface area contributed by atoms with Crippen molar-refractivity contribution in [2.24, 2.45) is 0 Å². The number of hydrogen-bond acceptors (Lipinski definition) is 3. The maximum Gasteiger partial charge on any atom is 0.318 e. The number of hydrogen-bond donors (Lipinski definition) is 2. The van der Waals surface area contributed by atoms with Gasteiger partial charge in [0.2, 0.25) is 0 Å². The van der Waals surface area contributed by atoms with E-state index in [1.54, 1.807) is 6.92 Å². The zero-order valence-corrected chi connectivity index (χ0v) is 14.9. The van der Waals surface area contributed by atoms with Gasteiger partial charge < -0.3 is 20.1 Å². The van der Waals surface area contributed by atoms with E-state index in [4.69, 9.17) is 4.74 Å². The van der Waals surface area contributed by atoms with Gasteiger partial charge in [0.05, 0.1) is 31.4 Å². The third-order valence-electron chi connectivity index (χ3n) is 5.93. The van der Waals surface area contributed by atoms with Gasteiger partial charge in [0.25, 0.3) is 0 Å². The molecule has 25 heavy (non-hydrogen) atoms. The number of morpholine rings is 1. The van der Waals surface area contributed by atoms with Crippen LogP contribution in [0.25, 0.3) is 0 Å². The quantitative estimate of drug-likeness (QED) is 0.886. The van der Waals surface area contributed by atoms with Crippen LogP contribution >= 0.6 is 0 Å². The van der Waals surface area contributed by atoms with E-state index in [9.17, 15) is 9.90 Å². The molecule has 3 aliphatic rings. The third-order valence-corrected chi connectivity index (χ3v) is 5.93. The zero-order chi connectivity index (χ0) is 17.4. The van der Waals surface area contributed by atoms with Gasteiger partial charge in [0, 0.05) is 6.54 Å². The standard InChI is InChI=1S/C20H28N2O3/c1-13(23)10-16-12-25-9-8-22(16)20(24)21-18-11-15-6-2-4-14-5-3-7-17(18)19(14)15/h3,5,7,13,15-16,18,23H,2,4,6,8-12H2,1H3,(H,21,24). The topological polar surface area (TPSA) is 61.8 Å². The lowest BCUT2D eigenvalue weighted by atomic mass is 9.84. The molecule has 0 radical (unpaired) electrons. The molecule has 0 bridgehead atoms. The summed E-state index contributed by atoms with van der Waals surface area (Å²) in [5.41, 5.74) is 4.29. The number of amides is 2. The molecule has 1 aromatic carbocycles. The van der Waals surface area contributed by atoms with Gasteiger partial charge in [-0.3, -0.25) is 0 Å². The molecule has 2 N–H and O–H groups in total. The van der Waals surface area contributed by atoms with Crippen LogP contribution in [0.4, 0.5) is 4.79 Å². The van der Waals surface area contributed by atoms with Crippen molar-refractivity contribution in [3.63, 3.8) is 0 Å². The second-order valence-corrected chi connectivity index (χ2v) is 7.75. The SMILES string of the molecule is CC(O)CC1COCCN1C(=O)NC1CC2CCCc3cccc1c32. The highest BCUT2D eigenvalue weighted by atomic mass is 16.5. The molecule has 2 amide bonds. The van der Waals surface area contributed by atoms with Gasteiger partial charge in [-0.1, -0.05) is 18.2 Å². The molecule has 0 spiro atoms. The minimum absolute atomic E-state index is 0.0183. The first-order valence-corrected chi connectivity index (χ1v) is 9.58. The molecule has 1 fully saturated rings. The normalized spacial score (nSPS) is 29.2. The lowest BCUT2D eigenvalue weighted by molar-refractivity contribution is -0.00485. The van der Waals surface area contributed by atoms with Gasteiger partial charge in [-0.25, -0.2) is 4.79 Å². The summed E-state index contributed by atoms with van der Waals surface area (Å²) in [6.07, 6.45) is 4.79. The average molecular weight is 344 g/mol. The number of nitrogens with zero attached hydrogens (tertiary/aromatic N) is 1. The largest absolute Gasteiger partial charge is 0.393 e. The molecule has 0 saturated carbocycles. The lowest BCUT2D eigenvalue weighted by Crippen LogP contribution is -2.53. The van der Waals surface area contributed by atoms with Crippen LogP contribution in [0.2, 0.25) is 0 Å². The van der Waals surface area contributed by atoms with Crippen molar-refractivity contribution in [3.8, 4) is 0 Å². The van der Waals surface area contributed by atoms with E-state index in [0.717, 1.165) is 6.42 Å². The summed E-state index contributed by atoms with van der Waals surface area (Å²) in [5, 5.41) is 13.0. The Morgan fingerprint density at radius 2 is 2.36 bits per heavy atom.